The summed E-state index contributed by atoms with van der Waals surface area (Å²) in [6, 6.07) is 13.2. The first-order valence-corrected chi connectivity index (χ1v) is 12.3. The van der Waals surface area contributed by atoms with Crippen molar-refractivity contribution in [2.75, 3.05) is 33.5 Å². The summed E-state index contributed by atoms with van der Waals surface area (Å²) in [5.74, 6) is 0.591. The molecule has 186 valence electrons. The van der Waals surface area contributed by atoms with E-state index in [1.807, 2.05) is 42.3 Å². The van der Waals surface area contributed by atoms with Gasteiger partial charge in [0.05, 0.1) is 22.5 Å². The van der Waals surface area contributed by atoms with Gasteiger partial charge in [-0.05, 0) is 69.1 Å². The fraction of sp³-hybridized carbons (Fsp3) is 0.500. The van der Waals surface area contributed by atoms with Crippen LogP contribution in [-0.4, -0.2) is 65.9 Å². The Balaban J connectivity index is 1.76. The number of ether oxygens (including phenoxy) is 1. The van der Waals surface area contributed by atoms with E-state index in [9.17, 15) is 4.79 Å². The van der Waals surface area contributed by atoms with Gasteiger partial charge in [0, 0.05) is 31.7 Å². The number of carbonyl (C=O) groups excluding carboxylic acids is 1. The fourth-order valence-corrected chi connectivity index (χ4v) is 4.73. The van der Waals surface area contributed by atoms with Crippen molar-refractivity contribution >= 4 is 29.1 Å². The van der Waals surface area contributed by atoms with Gasteiger partial charge < -0.3 is 20.1 Å². The maximum Gasteiger partial charge on any atom is 0.227 e. The van der Waals surface area contributed by atoms with Gasteiger partial charge in [-0.2, -0.15) is 0 Å². The molecule has 0 saturated carbocycles. The number of hydrogen-bond acceptors (Lipinski definition) is 5. The smallest absolute Gasteiger partial charge is 0.227 e. The quantitative estimate of drug-likeness (QED) is 0.488. The Kier molecular flexibility index (Phi) is 9.24. The zero-order chi connectivity index (χ0) is 24.9. The van der Waals surface area contributed by atoms with Gasteiger partial charge >= 0.3 is 0 Å². The van der Waals surface area contributed by atoms with Crippen molar-refractivity contribution in [3.05, 3.63) is 63.6 Å². The van der Waals surface area contributed by atoms with E-state index in [-0.39, 0.29) is 30.7 Å². The number of nitrogens with zero attached hydrogens (tertiary/aromatic N) is 2. The van der Waals surface area contributed by atoms with Crippen molar-refractivity contribution in [2.24, 2.45) is 0 Å². The number of halogens is 2. The van der Waals surface area contributed by atoms with E-state index in [0.29, 0.717) is 21.8 Å². The van der Waals surface area contributed by atoms with Crippen LogP contribution in [0.25, 0.3) is 0 Å². The molecule has 1 saturated heterocycles. The van der Waals surface area contributed by atoms with E-state index < -0.39 is 0 Å². The highest BCUT2D eigenvalue weighted by Gasteiger charge is 2.30. The van der Waals surface area contributed by atoms with Crippen molar-refractivity contribution in [1.29, 1.82) is 0 Å². The van der Waals surface area contributed by atoms with Crippen molar-refractivity contribution < 1.29 is 14.6 Å². The molecule has 2 N–H and O–H groups in total. The second-order valence-corrected chi connectivity index (χ2v) is 10.7. The van der Waals surface area contributed by atoms with Crippen molar-refractivity contribution in [1.82, 2.24) is 15.1 Å². The van der Waals surface area contributed by atoms with Crippen molar-refractivity contribution in [3.8, 4) is 5.75 Å². The Morgan fingerprint density at radius 1 is 1.21 bits per heavy atom. The predicted molar refractivity (Wildman–Crippen MR) is 138 cm³/mol. The molecule has 1 unspecified atom stereocenters. The maximum absolute atomic E-state index is 13.3. The van der Waals surface area contributed by atoms with E-state index in [2.05, 4.69) is 31.0 Å². The Hall–Kier alpha value is -1.83. The van der Waals surface area contributed by atoms with Gasteiger partial charge in [0.1, 0.15) is 5.75 Å². The van der Waals surface area contributed by atoms with E-state index >= 15 is 0 Å². The number of aliphatic hydroxyl groups is 1. The van der Waals surface area contributed by atoms with E-state index in [1.54, 1.807) is 12.1 Å². The Morgan fingerprint density at radius 3 is 2.53 bits per heavy atom. The van der Waals surface area contributed by atoms with Gasteiger partial charge in [0.25, 0.3) is 0 Å². The number of rotatable bonds is 9. The van der Waals surface area contributed by atoms with Crippen LogP contribution in [0.5, 0.6) is 5.75 Å². The molecule has 2 atom stereocenters. The molecule has 8 heteroatoms. The number of hydrogen-bond donors (Lipinski definition) is 2. The monoisotopic (exact) mass is 507 g/mol. The number of aliphatic hydroxyl groups excluding tert-OH is 1. The predicted octanol–water partition coefficient (Wildman–Crippen LogP) is 4.53. The summed E-state index contributed by atoms with van der Waals surface area (Å²) in [4.78, 5) is 17.5. The van der Waals surface area contributed by atoms with E-state index in [4.69, 9.17) is 33.0 Å². The lowest BCUT2D eigenvalue weighted by atomic mass is 10.0. The van der Waals surface area contributed by atoms with E-state index in [0.717, 1.165) is 37.2 Å². The zero-order valence-corrected chi connectivity index (χ0v) is 21.9. The average molecular weight is 508 g/mol. The summed E-state index contributed by atoms with van der Waals surface area (Å²) in [6.45, 7) is 8.82. The van der Waals surface area contributed by atoms with Crippen LogP contribution in [-0.2, 0) is 11.2 Å². The van der Waals surface area contributed by atoms with Crippen LogP contribution in [0.15, 0.2) is 42.5 Å². The fourth-order valence-electron chi connectivity index (χ4n) is 4.41. The molecule has 0 bridgehead atoms. The Labute approximate surface area is 212 Å². The number of carbonyl (C=O) groups is 1. The van der Waals surface area contributed by atoms with Crippen molar-refractivity contribution in [2.45, 2.75) is 51.2 Å². The Morgan fingerprint density at radius 2 is 1.91 bits per heavy atom. The van der Waals surface area contributed by atoms with Gasteiger partial charge in [0.15, 0.2) is 6.79 Å². The topological polar surface area (TPSA) is 65.0 Å². The number of likely N-dealkylation sites (tertiary alicyclic amines) is 1. The summed E-state index contributed by atoms with van der Waals surface area (Å²) in [5.41, 5.74) is 1.91. The molecule has 1 amide bonds. The highest BCUT2D eigenvalue weighted by molar-refractivity contribution is 6.42. The second-order valence-electron chi connectivity index (χ2n) is 9.93. The third-order valence-electron chi connectivity index (χ3n) is 6.04. The first-order valence-electron chi connectivity index (χ1n) is 11.6. The molecule has 0 spiro atoms. The third-order valence-corrected chi connectivity index (χ3v) is 6.78. The van der Waals surface area contributed by atoms with E-state index in [1.165, 1.54) is 0 Å². The molecule has 0 aromatic heterocycles. The molecule has 0 radical (unpaired) electrons. The molecule has 2 aromatic carbocycles. The molecule has 34 heavy (non-hydrogen) atoms. The number of benzene rings is 2. The summed E-state index contributed by atoms with van der Waals surface area (Å²) >= 11 is 12.2. The Bertz CT molecular complexity index is 963. The molecule has 1 aliphatic rings. The molecule has 1 fully saturated rings. The van der Waals surface area contributed by atoms with Gasteiger partial charge in [-0.3, -0.25) is 9.69 Å². The van der Waals surface area contributed by atoms with Crippen LogP contribution < -0.4 is 10.1 Å². The molecule has 1 aliphatic heterocycles. The molecule has 1 heterocycles. The molecular formula is C26H35Cl2N3O3. The third kappa shape index (κ3) is 7.59. The first-order chi connectivity index (χ1) is 16.1. The number of amides is 1. The van der Waals surface area contributed by atoms with Gasteiger partial charge in [-0.1, -0.05) is 41.4 Å². The lowest BCUT2D eigenvalue weighted by Crippen LogP contribution is -2.45. The van der Waals surface area contributed by atoms with Gasteiger partial charge in [-0.15, -0.1) is 0 Å². The molecule has 2 aromatic rings. The minimum Gasteiger partial charge on any atom is -0.468 e. The maximum atomic E-state index is 13.3. The van der Waals surface area contributed by atoms with Crippen molar-refractivity contribution in [3.63, 3.8) is 0 Å². The largest absolute Gasteiger partial charge is 0.468 e. The van der Waals surface area contributed by atoms with Crippen LogP contribution in [0, 0.1) is 0 Å². The molecule has 0 aliphatic carbocycles. The second kappa shape index (κ2) is 11.7. The first kappa shape index (κ1) is 26.8. The average Bonchev–Trinajstić information content (AvgIpc) is 3.20. The van der Waals surface area contributed by atoms with Crippen LogP contribution in [0.3, 0.4) is 0 Å². The van der Waals surface area contributed by atoms with Crippen LogP contribution >= 0.6 is 23.2 Å². The van der Waals surface area contributed by atoms with Gasteiger partial charge in [0.2, 0.25) is 5.91 Å². The minimum atomic E-state index is -0.374. The summed E-state index contributed by atoms with van der Waals surface area (Å²) in [6.07, 6.45) is 1.32. The lowest BCUT2D eigenvalue weighted by Gasteiger charge is -2.33. The lowest BCUT2D eigenvalue weighted by molar-refractivity contribution is -0.131. The minimum absolute atomic E-state index is 0.00244. The van der Waals surface area contributed by atoms with Gasteiger partial charge in [-0.25, -0.2) is 0 Å². The molecule has 3 rings (SSSR count). The van der Waals surface area contributed by atoms with Crippen LogP contribution in [0.1, 0.15) is 44.4 Å². The summed E-state index contributed by atoms with van der Waals surface area (Å²) in [5, 5.41) is 13.6. The highest BCUT2D eigenvalue weighted by Crippen LogP contribution is 2.27. The standard InChI is InChI=1S/C26H35Cl2N3O3/c1-26(2,3)29-20-11-12-31(15-20)16-24(19-6-8-21(9-7-19)34-17-32)30(4)25(33)14-18-5-10-22(27)23(28)13-18/h5-10,13,20,24,29,32H,11-12,14-17H2,1-4H3/t20?,24-/m1/s1. The van der Waals surface area contributed by atoms with Crippen LogP contribution in [0.2, 0.25) is 10.0 Å². The summed E-state index contributed by atoms with van der Waals surface area (Å²) in [7, 11) is 1.85. The highest BCUT2D eigenvalue weighted by atomic mass is 35.5. The van der Waals surface area contributed by atoms with Crippen LogP contribution in [0.4, 0.5) is 0 Å². The molecule has 6 nitrogen and oxygen atoms in total. The summed E-state index contributed by atoms with van der Waals surface area (Å²) < 4.78 is 5.18. The SMILES string of the molecule is CN(C(=O)Cc1ccc(Cl)c(Cl)c1)[C@H](CN1CCC(NC(C)(C)C)C1)c1ccc(OCO)cc1. The zero-order valence-electron chi connectivity index (χ0n) is 20.4. The number of likely N-dealkylation sites (N-methyl/N-ethyl adjacent to an activating group) is 1. The number of nitrogens with one attached hydrogen (secondary N) is 1. The normalized spacial score (nSPS) is 17.6. The molecular weight excluding hydrogens is 473 g/mol.